The van der Waals surface area contributed by atoms with E-state index in [0.717, 1.165) is 37.4 Å². The van der Waals surface area contributed by atoms with Gasteiger partial charge in [-0.15, -0.1) is 0 Å². The number of piperazine rings is 1. The summed E-state index contributed by atoms with van der Waals surface area (Å²) in [6.45, 7) is 4.01. The van der Waals surface area contributed by atoms with Gasteiger partial charge < -0.3 is 9.80 Å². The average molecular weight is 423 g/mol. The maximum absolute atomic E-state index is 14.2. The normalized spacial score (nSPS) is 15.0. The molecule has 0 saturated carbocycles. The molecule has 1 N–H and O–H groups in total. The number of aromatic amines is 1. The monoisotopic (exact) mass is 423 g/mol. The van der Waals surface area contributed by atoms with Crippen LogP contribution >= 0.6 is 0 Å². The van der Waals surface area contributed by atoms with Gasteiger partial charge in [0.1, 0.15) is 23.1 Å². The fourth-order valence-corrected chi connectivity index (χ4v) is 3.96. The van der Waals surface area contributed by atoms with Gasteiger partial charge in [0.25, 0.3) is 0 Å². The Morgan fingerprint density at radius 3 is 2.26 bits per heavy atom. The number of H-pyrrole nitrogens is 1. The highest BCUT2D eigenvalue weighted by Crippen LogP contribution is 2.32. The summed E-state index contributed by atoms with van der Waals surface area (Å²) in [7, 11) is 2.12. The highest BCUT2D eigenvalue weighted by atomic mass is 19.1. The number of pyridine rings is 1. The highest BCUT2D eigenvalue weighted by molar-refractivity contribution is 5.94. The quantitative estimate of drug-likeness (QED) is 0.529. The molecule has 0 amide bonds. The average Bonchev–Trinajstić information content (AvgIpc) is 3.17. The smallest absolute Gasteiger partial charge is 0.138 e. The topological polar surface area (TPSA) is 48.0 Å². The van der Waals surface area contributed by atoms with E-state index in [1.54, 1.807) is 6.07 Å². The van der Waals surface area contributed by atoms with Crippen LogP contribution in [-0.2, 0) is 0 Å². The predicted octanol–water partition coefficient (Wildman–Crippen LogP) is 4.46. The van der Waals surface area contributed by atoms with Crippen molar-refractivity contribution in [2.75, 3.05) is 38.1 Å². The molecular formula is C23H20F3N5. The van der Waals surface area contributed by atoms with E-state index < -0.39 is 17.5 Å². The third-order valence-electron chi connectivity index (χ3n) is 5.72. The van der Waals surface area contributed by atoms with Gasteiger partial charge in [0.05, 0.1) is 23.0 Å². The Morgan fingerprint density at radius 2 is 1.58 bits per heavy atom. The van der Waals surface area contributed by atoms with Gasteiger partial charge in [-0.3, -0.25) is 10.1 Å². The van der Waals surface area contributed by atoms with E-state index in [1.165, 1.54) is 6.20 Å². The van der Waals surface area contributed by atoms with Gasteiger partial charge in [-0.1, -0.05) is 12.1 Å². The molecular weight excluding hydrogens is 403 g/mol. The van der Waals surface area contributed by atoms with E-state index in [0.29, 0.717) is 28.7 Å². The summed E-state index contributed by atoms with van der Waals surface area (Å²) in [6, 6.07) is 11.0. The first kappa shape index (κ1) is 19.6. The summed E-state index contributed by atoms with van der Waals surface area (Å²) < 4.78 is 41.8. The van der Waals surface area contributed by atoms with Crippen molar-refractivity contribution >= 4 is 16.6 Å². The zero-order valence-electron chi connectivity index (χ0n) is 16.9. The Bertz CT molecular complexity index is 1220. The van der Waals surface area contributed by atoms with Crippen LogP contribution < -0.4 is 4.90 Å². The van der Waals surface area contributed by atoms with Gasteiger partial charge in [0, 0.05) is 54.9 Å². The second kappa shape index (κ2) is 7.70. The summed E-state index contributed by atoms with van der Waals surface area (Å²) in [5, 5.41) is 7.97. The minimum atomic E-state index is -0.995. The highest BCUT2D eigenvalue weighted by Gasteiger charge is 2.18. The Labute approximate surface area is 177 Å². The van der Waals surface area contributed by atoms with Crippen molar-refractivity contribution < 1.29 is 13.2 Å². The van der Waals surface area contributed by atoms with Crippen LogP contribution in [0.2, 0.25) is 0 Å². The summed E-state index contributed by atoms with van der Waals surface area (Å²) >= 11 is 0. The molecule has 0 atom stereocenters. The molecule has 0 aliphatic carbocycles. The Hall–Kier alpha value is -3.39. The molecule has 8 heteroatoms. The number of nitrogens with one attached hydrogen (secondary N) is 1. The van der Waals surface area contributed by atoms with Crippen molar-refractivity contribution in [1.82, 2.24) is 20.1 Å². The van der Waals surface area contributed by atoms with Crippen molar-refractivity contribution in [2.24, 2.45) is 0 Å². The third-order valence-corrected chi connectivity index (χ3v) is 5.72. The fraction of sp³-hybridized carbons (Fsp3) is 0.217. The zero-order chi connectivity index (χ0) is 21.5. The number of nitrogens with zero attached hydrogens (tertiary/aromatic N) is 4. The van der Waals surface area contributed by atoms with Crippen molar-refractivity contribution in [3.8, 4) is 22.5 Å². The largest absolute Gasteiger partial charge is 0.369 e. The lowest BCUT2D eigenvalue weighted by atomic mass is 10.0. The molecule has 1 fully saturated rings. The van der Waals surface area contributed by atoms with Crippen molar-refractivity contribution in [1.29, 1.82) is 0 Å². The molecule has 0 bridgehead atoms. The molecule has 2 aromatic heterocycles. The van der Waals surface area contributed by atoms with E-state index in [1.807, 2.05) is 12.1 Å². The van der Waals surface area contributed by atoms with E-state index in [2.05, 4.69) is 44.2 Å². The first-order valence-corrected chi connectivity index (χ1v) is 10.0. The molecule has 0 radical (unpaired) electrons. The molecule has 3 heterocycles. The Balaban J connectivity index is 1.51. The molecule has 0 unspecified atom stereocenters. The van der Waals surface area contributed by atoms with E-state index >= 15 is 0 Å². The lowest BCUT2D eigenvalue weighted by molar-refractivity contribution is 0.313. The van der Waals surface area contributed by atoms with Crippen molar-refractivity contribution in [3.05, 3.63) is 66.1 Å². The van der Waals surface area contributed by atoms with Gasteiger partial charge in [-0.2, -0.15) is 5.10 Å². The standard InChI is InChI=1S/C23H20F3N5/c1-30-6-8-31(9-7-30)16-4-2-14(3-5-16)23-17-12-20(27-13-21(17)28-29-23)22-18(25)10-15(24)11-19(22)26/h2-5,10-13H,6-9H2,1H3,(H,28,29). The fourth-order valence-electron chi connectivity index (χ4n) is 3.96. The summed E-state index contributed by atoms with van der Waals surface area (Å²) in [6.07, 6.45) is 1.47. The second-order valence-electron chi connectivity index (χ2n) is 7.77. The number of aromatic nitrogens is 3. The van der Waals surface area contributed by atoms with E-state index in [-0.39, 0.29) is 11.3 Å². The molecule has 31 heavy (non-hydrogen) atoms. The van der Waals surface area contributed by atoms with Crippen LogP contribution in [-0.4, -0.2) is 53.3 Å². The lowest BCUT2D eigenvalue weighted by Gasteiger charge is -2.34. The first-order chi connectivity index (χ1) is 15.0. The number of fused-ring (bicyclic) bond motifs is 1. The van der Waals surface area contributed by atoms with Crippen LogP contribution in [0.25, 0.3) is 33.4 Å². The molecule has 158 valence electrons. The number of benzene rings is 2. The maximum atomic E-state index is 14.2. The van der Waals surface area contributed by atoms with Crippen LogP contribution in [0.15, 0.2) is 48.7 Å². The van der Waals surface area contributed by atoms with Gasteiger partial charge in [-0.05, 0) is 25.2 Å². The van der Waals surface area contributed by atoms with Gasteiger partial charge >= 0.3 is 0 Å². The number of hydrogen-bond donors (Lipinski definition) is 1. The van der Waals surface area contributed by atoms with Gasteiger partial charge in [0.15, 0.2) is 0 Å². The van der Waals surface area contributed by atoms with Crippen LogP contribution in [0.4, 0.5) is 18.9 Å². The number of likely N-dealkylation sites (N-methyl/N-ethyl adjacent to an activating group) is 1. The van der Waals surface area contributed by atoms with Crippen LogP contribution in [0.1, 0.15) is 0 Å². The van der Waals surface area contributed by atoms with E-state index in [9.17, 15) is 13.2 Å². The van der Waals surface area contributed by atoms with E-state index in [4.69, 9.17) is 0 Å². The summed E-state index contributed by atoms with van der Waals surface area (Å²) in [4.78, 5) is 8.78. The molecule has 1 saturated heterocycles. The SMILES string of the molecule is CN1CCN(c2ccc(-c3n[nH]c4cnc(-c5c(F)cc(F)cc5F)cc34)cc2)CC1. The predicted molar refractivity (Wildman–Crippen MR) is 114 cm³/mol. The molecule has 2 aromatic carbocycles. The van der Waals surface area contributed by atoms with Crippen LogP contribution in [0.3, 0.4) is 0 Å². The van der Waals surface area contributed by atoms with Crippen LogP contribution in [0, 0.1) is 17.5 Å². The van der Waals surface area contributed by atoms with Crippen molar-refractivity contribution in [2.45, 2.75) is 0 Å². The molecule has 1 aliphatic rings. The number of halogens is 3. The Morgan fingerprint density at radius 1 is 0.903 bits per heavy atom. The molecule has 5 nitrogen and oxygen atoms in total. The van der Waals surface area contributed by atoms with Gasteiger partial charge in [0.2, 0.25) is 0 Å². The third kappa shape index (κ3) is 3.63. The van der Waals surface area contributed by atoms with Crippen molar-refractivity contribution in [3.63, 3.8) is 0 Å². The molecule has 1 aliphatic heterocycles. The van der Waals surface area contributed by atoms with Crippen LogP contribution in [0.5, 0.6) is 0 Å². The maximum Gasteiger partial charge on any atom is 0.138 e. The zero-order valence-corrected chi connectivity index (χ0v) is 16.9. The lowest BCUT2D eigenvalue weighted by Crippen LogP contribution is -2.44. The number of hydrogen-bond acceptors (Lipinski definition) is 4. The van der Waals surface area contributed by atoms with Gasteiger partial charge in [-0.25, -0.2) is 13.2 Å². The summed E-state index contributed by atoms with van der Waals surface area (Å²) in [5.41, 5.74) is 3.05. The minimum Gasteiger partial charge on any atom is -0.369 e. The number of rotatable bonds is 3. The second-order valence-corrected chi connectivity index (χ2v) is 7.77. The molecule has 5 rings (SSSR count). The Kier molecular flexibility index (Phi) is 4.86. The number of anilines is 1. The molecule has 0 spiro atoms. The first-order valence-electron chi connectivity index (χ1n) is 10.0. The minimum absolute atomic E-state index is 0.0826. The summed E-state index contributed by atoms with van der Waals surface area (Å²) in [5.74, 6) is -2.96. The molecule has 4 aromatic rings.